The number of carbonyl (C=O) groups excluding carboxylic acids is 1. The molecule has 1 saturated heterocycles. The molecule has 1 atom stereocenters. The first-order valence-corrected chi connectivity index (χ1v) is 3.84. The normalized spacial score (nSPS) is 33.1. The molecule has 0 bridgehead atoms. The summed E-state index contributed by atoms with van der Waals surface area (Å²) >= 11 is 0. The third-order valence-electron chi connectivity index (χ3n) is 2.77. The minimum absolute atomic E-state index is 0.190. The summed E-state index contributed by atoms with van der Waals surface area (Å²) in [5.41, 5.74) is -1.64. The van der Waals surface area contributed by atoms with E-state index in [4.69, 9.17) is 5.11 Å². The van der Waals surface area contributed by atoms with Gasteiger partial charge in [-0.1, -0.05) is 13.8 Å². The lowest BCUT2D eigenvalue weighted by molar-refractivity contribution is -0.148. The van der Waals surface area contributed by atoms with Crippen LogP contribution in [0.15, 0.2) is 0 Å². The predicted octanol–water partition coefficient (Wildman–Crippen LogP) is 0.376. The van der Waals surface area contributed by atoms with Gasteiger partial charge in [0.25, 0.3) is 0 Å². The highest BCUT2D eigenvalue weighted by Crippen LogP contribution is 2.39. The lowest BCUT2D eigenvalue weighted by atomic mass is 9.74. The minimum Gasteiger partial charge on any atom is -0.479 e. The topological polar surface area (TPSA) is 66.4 Å². The molecule has 4 nitrogen and oxygen atoms in total. The molecule has 4 heteroatoms. The molecular formula is C8H13NO3. The molecule has 0 aromatic heterocycles. The molecule has 1 heterocycles. The van der Waals surface area contributed by atoms with Crippen LogP contribution in [0.4, 0.5) is 0 Å². The molecule has 1 aliphatic rings. The molecular weight excluding hydrogens is 158 g/mol. The largest absolute Gasteiger partial charge is 0.479 e. The van der Waals surface area contributed by atoms with Gasteiger partial charge in [-0.25, -0.2) is 4.79 Å². The van der Waals surface area contributed by atoms with Crippen LogP contribution in [0.5, 0.6) is 0 Å². The van der Waals surface area contributed by atoms with Crippen molar-refractivity contribution >= 4 is 11.9 Å². The SMILES string of the molecule is CC1(C)CC(=O)NC1(C)C(=O)O. The van der Waals surface area contributed by atoms with E-state index in [1.165, 1.54) is 0 Å². The third kappa shape index (κ3) is 0.983. The highest BCUT2D eigenvalue weighted by molar-refractivity contribution is 5.92. The molecule has 0 saturated carbocycles. The summed E-state index contributed by atoms with van der Waals surface area (Å²) in [6.07, 6.45) is 0.274. The van der Waals surface area contributed by atoms with Gasteiger partial charge < -0.3 is 10.4 Å². The van der Waals surface area contributed by atoms with Crippen molar-refractivity contribution in [2.24, 2.45) is 5.41 Å². The number of carboxylic acid groups (broad SMARTS) is 1. The number of carboxylic acids is 1. The van der Waals surface area contributed by atoms with Gasteiger partial charge in [-0.05, 0) is 6.92 Å². The highest BCUT2D eigenvalue weighted by Gasteiger charge is 2.54. The fraction of sp³-hybridized carbons (Fsp3) is 0.750. The monoisotopic (exact) mass is 171 g/mol. The molecule has 2 N–H and O–H groups in total. The number of carbonyl (C=O) groups is 2. The average Bonchev–Trinajstić information content (AvgIpc) is 2.02. The Morgan fingerprint density at radius 1 is 1.50 bits per heavy atom. The van der Waals surface area contributed by atoms with Crippen LogP contribution >= 0.6 is 0 Å². The fourth-order valence-corrected chi connectivity index (χ4v) is 1.41. The van der Waals surface area contributed by atoms with Crippen molar-refractivity contribution < 1.29 is 14.7 Å². The van der Waals surface area contributed by atoms with Crippen molar-refractivity contribution in [3.05, 3.63) is 0 Å². The van der Waals surface area contributed by atoms with E-state index < -0.39 is 16.9 Å². The van der Waals surface area contributed by atoms with Gasteiger partial charge >= 0.3 is 5.97 Å². The Bertz CT molecular complexity index is 247. The van der Waals surface area contributed by atoms with E-state index in [1.54, 1.807) is 20.8 Å². The summed E-state index contributed by atoms with van der Waals surface area (Å²) in [5, 5.41) is 11.4. The quantitative estimate of drug-likeness (QED) is 0.599. The zero-order valence-electron chi connectivity index (χ0n) is 7.47. The second-order valence-electron chi connectivity index (χ2n) is 4.04. The van der Waals surface area contributed by atoms with E-state index in [-0.39, 0.29) is 12.3 Å². The van der Waals surface area contributed by atoms with Crippen LogP contribution in [0.3, 0.4) is 0 Å². The van der Waals surface area contributed by atoms with Crippen molar-refractivity contribution in [2.45, 2.75) is 32.7 Å². The Morgan fingerprint density at radius 3 is 2.17 bits per heavy atom. The summed E-state index contributed by atoms with van der Waals surface area (Å²) in [7, 11) is 0. The van der Waals surface area contributed by atoms with E-state index >= 15 is 0 Å². The second kappa shape index (κ2) is 2.21. The first-order chi connectivity index (χ1) is 5.29. The Kier molecular flexibility index (Phi) is 1.67. The lowest BCUT2D eigenvalue weighted by Gasteiger charge is -2.32. The number of hydrogen-bond donors (Lipinski definition) is 2. The summed E-state index contributed by atoms with van der Waals surface area (Å²) in [6, 6.07) is 0. The predicted molar refractivity (Wildman–Crippen MR) is 42.6 cm³/mol. The summed E-state index contributed by atoms with van der Waals surface area (Å²) < 4.78 is 0. The molecule has 1 unspecified atom stereocenters. The standard InChI is InChI=1S/C8H13NO3/c1-7(2)4-5(10)9-8(7,3)6(11)12/h4H2,1-3H3,(H,9,10)(H,11,12). The van der Waals surface area contributed by atoms with Crippen molar-refractivity contribution in [1.29, 1.82) is 0 Å². The maximum atomic E-state index is 11.0. The molecule has 68 valence electrons. The van der Waals surface area contributed by atoms with Gasteiger partial charge in [0.15, 0.2) is 0 Å². The molecule has 1 aliphatic heterocycles. The molecule has 0 aliphatic carbocycles. The van der Waals surface area contributed by atoms with Crippen LogP contribution < -0.4 is 5.32 Å². The summed E-state index contributed by atoms with van der Waals surface area (Å²) in [5.74, 6) is -1.16. The Labute approximate surface area is 71.0 Å². The number of aliphatic carboxylic acids is 1. The van der Waals surface area contributed by atoms with Gasteiger partial charge in [0.1, 0.15) is 5.54 Å². The number of amides is 1. The third-order valence-corrected chi connectivity index (χ3v) is 2.77. The van der Waals surface area contributed by atoms with Crippen LogP contribution in [0, 0.1) is 5.41 Å². The van der Waals surface area contributed by atoms with Gasteiger partial charge in [-0.15, -0.1) is 0 Å². The zero-order valence-corrected chi connectivity index (χ0v) is 7.47. The molecule has 0 radical (unpaired) electrons. The average molecular weight is 171 g/mol. The van der Waals surface area contributed by atoms with Crippen molar-refractivity contribution in [1.82, 2.24) is 5.32 Å². The van der Waals surface area contributed by atoms with Gasteiger partial charge in [0, 0.05) is 11.8 Å². The first kappa shape index (κ1) is 9.03. The minimum atomic E-state index is -1.12. The van der Waals surface area contributed by atoms with Crippen LogP contribution in [0.1, 0.15) is 27.2 Å². The maximum Gasteiger partial charge on any atom is 0.329 e. The molecule has 1 fully saturated rings. The van der Waals surface area contributed by atoms with E-state index in [0.717, 1.165) is 0 Å². The van der Waals surface area contributed by atoms with Crippen molar-refractivity contribution in [3.8, 4) is 0 Å². The molecule has 12 heavy (non-hydrogen) atoms. The second-order valence-corrected chi connectivity index (χ2v) is 4.04. The van der Waals surface area contributed by atoms with Crippen LogP contribution in [-0.4, -0.2) is 22.5 Å². The molecule has 0 aromatic rings. The smallest absolute Gasteiger partial charge is 0.329 e. The maximum absolute atomic E-state index is 11.0. The Morgan fingerprint density at radius 2 is 2.00 bits per heavy atom. The number of hydrogen-bond acceptors (Lipinski definition) is 2. The highest BCUT2D eigenvalue weighted by atomic mass is 16.4. The van der Waals surface area contributed by atoms with Gasteiger partial charge in [-0.2, -0.15) is 0 Å². The van der Waals surface area contributed by atoms with E-state index in [1.807, 2.05) is 0 Å². The van der Waals surface area contributed by atoms with Gasteiger partial charge in [-0.3, -0.25) is 4.79 Å². The van der Waals surface area contributed by atoms with Crippen LogP contribution in [-0.2, 0) is 9.59 Å². The Balaban J connectivity index is 3.05. The summed E-state index contributed by atoms with van der Waals surface area (Å²) in [6.45, 7) is 5.10. The fourth-order valence-electron chi connectivity index (χ4n) is 1.41. The van der Waals surface area contributed by atoms with Gasteiger partial charge in [0.2, 0.25) is 5.91 Å². The molecule has 1 amide bonds. The van der Waals surface area contributed by atoms with Gasteiger partial charge in [0.05, 0.1) is 0 Å². The molecule has 1 rings (SSSR count). The van der Waals surface area contributed by atoms with Crippen LogP contribution in [0.2, 0.25) is 0 Å². The van der Waals surface area contributed by atoms with Crippen molar-refractivity contribution in [3.63, 3.8) is 0 Å². The van der Waals surface area contributed by atoms with Crippen LogP contribution in [0.25, 0.3) is 0 Å². The zero-order chi connectivity index (χ0) is 9.57. The van der Waals surface area contributed by atoms with E-state index in [0.29, 0.717) is 0 Å². The molecule has 0 aromatic carbocycles. The lowest BCUT2D eigenvalue weighted by Crippen LogP contribution is -2.53. The summed E-state index contributed by atoms with van der Waals surface area (Å²) in [4.78, 5) is 21.9. The number of rotatable bonds is 1. The first-order valence-electron chi connectivity index (χ1n) is 3.84. The molecule has 0 spiro atoms. The van der Waals surface area contributed by atoms with Crippen molar-refractivity contribution in [2.75, 3.05) is 0 Å². The van der Waals surface area contributed by atoms with E-state index in [9.17, 15) is 9.59 Å². The number of nitrogens with one attached hydrogen (secondary N) is 1. The Hall–Kier alpha value is -1.06. The van der Waals surface area contributed by atoms with E-state index in [2.05, 4.69) is 5.32 Å².